The Morgan fingerprint density at radius 2 is 2.00 bits per heavy atom. The van der Waals surface area contributed by atoms with E-state index in [9.17, 15) is 4.39 Å². The van der Waals surface area contributed by atoms with Gasteiger partial charge < -0.3 is 9.64 Å². The second-order valence-electron chi connectivity index (χ2n) is 4.00. The van der Waals surface area contributed by atoms with E-state index in [1.807, 2.05) is 12.1 Å². The first kappa shape index (κ1) is 10.6. The molecule has 1 atom stereocenters. The minimum atomic E-state index is -0.190. The number of halogens is 1. The van der Waals surface area contributed by atoms with Crippen molar-refractivity contribution < 1.29 is 9.13 Å². The molecule has 1 aromatic carbocycles. The zero-order chi connectivity index (χ0) is 10.7. The molecule has 0 amide bonds. The Morgan fingerprint density at radius 1 is 1.27 bits per heavy atom. The van der Waals surface area contributed by atoms with Crippen LogP contribution in [0.15, 0.2) is 24.3 Å². The number of rotatable bonds is 1. The van der Waals surface area contributed by atoms with Crippen LogP contribution < -0.4 is 0 Å². The van der Waals surface area contributed by atoms with E-state index in [0.717, 1.165) is 31.7 Å². The van der Waals surface area contributed by atoms with Crippen LogP contribution in [0.25, 0.3) is 0 Å². The Balaban J connectivity index is 2.06. The predicted octanol–water partition coefficient (Wildman–Crippen LogP) is 2.22. The van der Waals surface area contributed by atoms with E-state index in [-0.39, 0.29) is 11.9 Å². The van der Waals surface area contributed by atoms with Crippen LogP contribution >= 0.6 is 0 Å². The lowest BCUT2D eigenvalue weighted by Crippen LogP contribution is -2.20. The molecule has 3 heteroatoms. The van der Waals surface area contributed by atoms with E-state index in [2.05, 4.69) is 11.9 Å². The third-order valence-corrected chi connectivity index (χ3v) is 2.81. The Kier molecular flexibility index (Phi) is 3.34. The average molecular weight is 209 g/mol. The van der Waals surface area contributed by atoms with Crippen molar-refractivity contribution in [1.29, 1.82) is 0 Å². The predicted molar refractivity (Wildman–Crippen MR) is 57.2 cm³/mol. The molecule has 0 spiro atoms. The largest absolute Gasteiger partial charge is 0.372 e. The fourth-order valence-electron chi connectivity index (χ4n) is 1.82. The maximum atomic E-state index is 12.7. The van der Waals surface area contributed by atoms with E-state index >= 15 is 0 Å². The van der Waals surface area contributed by atoms with E-state index in [1.165, 1.54) is 12.1 Å². The second kappa shape index (κ2) is 4.73. The molecule has 1 unspecified atom stereocenters. The van der Waals surface area contributed by atoms with Gasteiger partial charge in [-0.05, 0) is 31.2 Å². The molecule has 1 aromatic rings. The third-order valence-electron chi connectivity index (χ3n) is 2.81. The SMILES string of the molecule is CN1CCOC(c2ccc(F)cc2)CC1. The van der Waals surface area contributed by atoms with Crippen molar-refractivity contribution in [3.63, 3.8) is 0 Å². The summed E-state index contributed by atoms with van der Waals surface area (Å²) in [5, 5.41) is 0. The van der Waals surface area contributed by atoms with Gasteiger partial charge in [0.25, 0.3) is 0 Å². The van der Waals surface area contributed by atoms with Crippen LogP contribution in [0.3, 0.4) is 0 Å². The molecule has 2 nitrogen and oxygen atoms in total. The second-order valence-corrected chi connectivity index (χ2v) is 4.00. The van der Waals surface area contributed by atoms with Crippen molar-refractivity contribution in [2.45, 2.75) is 12.5 Å². The van der Waals surface area contributed by atoms with Crippen LogP contribution in [0.1, 0.15) is 18.1 Å². The first-order chi connectivity index (χ1) is 7.25. The summed E-state index contributed by atoms with van der Waals surface area (Å²) in [6.07, 6.45) is 1.10. The molecule has 1 fully saturated rings. The van der Waals surface area contributed by atoms with Gasteiger partial charge in [-0.2, -0.15) is 0 Å². The standard InChI is InChI=1S/C12H16FNO/c1-14-7-6-12(15-9-8-14)10-2-4-11(13)5-3-10/h2-5,12H,6-9H2,1H3. The lowest BCUT2D eigenvalue weighted by Gasteiger charge is -2.14. The molecule has 0 aliphatic carbocycles. The first-order valence-corrected chi connectivity index (χ1v) is 5.31. The molecule has 0 N–H and O–H groups in total. The molecule has 0 radical (unpaired) electrons. The monoisotopic (exact) mass is 209 g/mol. The maximum absolute atomic E-state index is 12.7. The van der Waals surface area contributed by atoms with Crippen molar-refractivity contribution in [2.75, 3.05) is 26.7 Å². The van der Waals surface area contributed by atoms with Gasteiger partial charge in [0, 0.05) is 13.1 Å². The summed E-state index contributed by atoms with van der Waals surface area (Å²) in [6, 6.07) is 6.61. The fourth-order valence-corrected chi connectivity index (χ4v) is 1.82. The number of nitrogens with zero attached hydrogens (tertiary/aromatic N) is 1. The minimum Gasteiger partial charge on any atom is -0.372 e. The van der Waals surface area contributed by atoms with Crippen molar-refractivity contribution in [2.24, 2.45) is 0 Å². The Bertz CT molecular complexity index is 312. The molecule has 82 valence electrons. The summed E-state index contributed by atoms with van der Waals surface area (Å²) in [5.41, 5.74) is 1.08. The number of benzene rings is 1. The normalized spacial score (nSPS) is 23.7. The first-order valence-electron chi connectivity index (χ1n) is 5.31. The van der Waals surface area contributed by atoms with Gasteiger partial charge in [0.05, 0.1) is 12.7 Å². The Labute approximate surface area is 89.7 Å². The molecule has 1 saturated heterocycles. The summed E-state index contributed by atoms with van der Waals surface area (Å²) in [5.74, 6) is -0.190. The molecule has 0 aromatic heterocycles. The van der Waals surface area contributed by atoms with Gasteiger partial charge in [0.1, 0.15) is 5.82 Å². The lowest BCUT2D eigenvalue weighted by molar-refractivity contribution is 0.0624. The van der Waals surface area contributed by atoms with E-state index in [4.69, 9.17) is 4.74 Å². The van der Waals surface area contributed by atoms with Gasteiger partial charge in [-0.25, -0.2) is 4.39 Å². The highest BCUT2D eigenvalue weighted by Crippen LogP contribution is 2.23. The number of hydrogen-bond acceptors (Lipinski definition) is 2. The fraction of sp³-hybridized carbons (Fsp3) is 0.500. The van der Waals surface area contributed by atoms with Crippen molar-refractivity contribution in [3.8, 4) is 0 Å². The van der Waals surface area contributed by atoms with Crippen LogP contribution in [0, 0.1) is 5.82 Å². The average Bonchev–Trinajstić information content (AvgIpc) is 2.44. The summed E-state index contributed by atoms with van der Waals surface area (Å²) < 4.78 is 18.5. The van der Waals surface area contributed by atoms with Gasteiger partial charge in [-0.15, -0.1) is 0 Å². The van der Waals surface area contributed by atoms with Crippen LogP contribution in [-0.2, 0) is 4.74 Å². The summed E-state index contributed by atoms with van der Waals surface area (Å²) in [4.78, 5) is 2.25. The van der Waals surface area contributed by atoms with Gasteiger partial charge >= 0.3 is 0 Å². The van der Waals surface area contributed by atoms with Crippen LogP contribution in [-0.4, -0.2) is 31.6 Å². The van der Waals surface area contributed by atoms with Crippen molar-refractivity contribution in [3.05, 3.63) is 35.6 Å². The third kappa shape index (κ3) is 2.76. The smallest absolute Gasteiger partial charge is 0.123 e. The van der Waals surface area contributed by atoms with Crippen LogP contribution in [0.2, 0.25) is 0 Å². The molecule has 1 aliphatic rings. The minimum absolute atomic E-state index is 0.121. The van der Waals surface area contributed by atoms with E-state index < -0.39 is 0 Å². The molecule has 0 bridgehead atoms. The molecule has 15 heavy (non-hydrogen) atoms. The molecule has 1 aliphatic heterocycles. The van der Waals surface area contributed by atoms with E-state index in [0.29, 0.717) is 0 Å². The Hall–Kier alpha value is -0.930. The summed E-state index contributed by atoms with van der Waals surface area (Å²) in [6.45, 7) is 2.75. The van der Waals surface area contributed by atoms with Gasteiger partial charge in [0.2, 0.25) is 0 Å². The highest BCUT2D eigenvalue weighted by molar-refractivity contribution is 5.18. The van der Waals surface area contributed by atoms with Crippen LogP contribution in [0.4, 0.5) is 4.39 Å². The maximum Gasteiger partial charge on any atom is 0.123 e. The van der Waals surface area contributed by atoms with Crippen molar-refractivity contribution >= 4 is 0 Å². The summed E-state index contributed by atoms with van der Waals surface area (Å²) >= 11 is 0. The lowest BCUT2D eigenvalue weighted by atomic mass is 10.1. The molecule has 0 saturated carbocycles. The van der Waals surface area contributed by atoms with E-state index in [1.54, 1.807) is 0 Å². The van der Waals surface area contributed by atoms with Gasteiger partial charge in [-0.1, -0.05) is 12.1 Å². The molecular weight excluding hydrogens is 193 g/mol. The molecule has 1 heterocycles. The van der Waals surface area contributed by atoms with Gasteiger partial charge in [-0.3, -0.25) is 0 Å². The zero-order valence-corrected chi connectivity index (χ0v) is 8.95. The molecule has 2 rings (SSSR count). The van der Waals surface area contributed by atoms with Crippen molar-refractivity contribution in [1.82, 2.24) is 4.90 Å². The highest BCUT2D eigenvalue weighted by Gasteiger charge is 2.16. The topological polar surface area (TPSA) is 12.5 Å². The summed E-state index contributed by atoms with van der Waals surface area (Å²) in [7, 11) is 2.09. The number of likely N-dealkylation sites (N-methyl/N-ethyl adjacent to an activating group) is 1. The van der Waals surface area contributed by atoms with Crippen LogP contribution in [0.5, 0.6) is 0 Å². The Morgan fingerprint density at radius 3 is 2.73 bits per heavy atom. The van der Waals surface area contributed by atoms with Gasteiger partial charge in [0.15, 0.2) is 0 Å². The highest BCUT2D eigenvalue weighted by atomic mass is 19.1. The molecular formula is C12H16FNO. The quantitative estimate of drug-likeness (QED) is 0.703. The zero-order valence-electron chi connectivity index (χ0n) is 8.95. The number of ether oxygens (including phenoxy) is 1. The number of hydrogen-bond donors (Lipinski definition) is 0.